The van der Waals surface area contributed by atoms with E-state index in [0.717, 1.165) is 28.7 Å². The minimum atomic E-state index is -0.777. The Labute approximate surface area is 153 Å². The van der Waals surface area contributed by atoms with Crippen LogP contribution in [0.2, 0.25) is 0 Å². The fourth-order valence-corrected chi connectivity index (χ4v) is 7.12. The van der Waals surface area contributed by atoms with Gasteiger partial charge in [0.15, 0.2) is 5.60 Å². The largest absolute Gasteiger partial charge is 0.452 e. The second-order valence-electron chi connectivity index (χ2n) is 9.02. The molecule has 6 aliphatic rings. The predicted molar refractivity (Wildman–Crippen MR) is 96.1 cm³/mol. The molecular weight excluding hydrogens is 324 g/mol. The second-order valence-corrected chi connectivity index (χ2v) is 9.02. The normalized spacial score (nSPS) is 43.7. The highest BCUT2D eigenvalue weighted by atomic mass is 17.3. The number of ether oxygens (including phenoxy) is 1. The summed E-state index contributed by atoms with van der Waals surface area (Å²) in [6, 6.07) is 16.9. The zero-order chi connectivity index (χ0) is 16.9. The van der Waals surface area contributed by atoms with E-state index in [1.807, 2.05) is 6.07 Å². The third-order valence-corrected chi connectivity index (χ3v) is 7.87. The van der Waals surface area contributed by atoms with E-state index in [2.05, 4.69) is 42.5 Å². The SMILES string of the molecule is c1ccc2c(c1)OC1(OOC13C1CC4CC(C1)CC3C4)c1ccccc1-2. The molecule has 2 heterocycles. The van der Waals surface area contributed by atoms with Crippen LogP contribution in [0.1, 0.15) is 37.7 Å². The number of rotatable bonds is 0. The lowest BCUT2D eigenvalue weighted by molar-refractivity contribution is -0.635. The van der Waals surface area contributed by atoms with E-state index in [4.69, 9.17) is 14.5 Å². The summed E-state index contributed by atoms with van der Waals surface area (Å²) in [5.41, 5.74) is 3.22. The minimum Gasteiger partial charge on any atom is -0.452 e. The van der Waals surface area contributed by atoms with Gasteiger partial charge in [0.2, 0.25) is 0 Å². The molecule has 0 amide bonds. The van der Waals surface area contributed by atoms with Crippen LogP contribution in [-0.2, 0) is 15.6 Å². The molecule has 1 unspecified atom stereocenters. The van der Waals surface area contributed by atoms with Crippen LogP contribution in [0.5, 0.6) is 5.75 Å². The van der Waals surface area contributed by atoms with Crippen molar-refractivity contribution in [3.05, 3.63) is 54.1 Å². The lowest BCUT2D eigenvalue weighted by Crippen LogP contribution is -2.78. The highest BCUT2D eigenvalue weighted by Crippen LogP contribution is 2.70. The Kier molecular flexibility index (Phi) is 2.48. The quantitative estimate of drug-likeness (QED) is 0.624. The molecule has 4 aliphatic carbocycles. The Hall–Kier alpha value is -1.84. The standard InChI is InChI=1S/C23H22O3/c1-3-7-20-18(5-1)19-6-2-4-8-21(19)24-23(20)22(25-26-23)16-10-14-9-15(12-16)13-17(22)11-14/h1-8,14-17H,9-13H2. The number of hydrogen-bond donors (Lipinski definition) is 0. The van der Waals surface area contributed by atoms with Crippen LogP contribution in [0.4, 0.5) is 0 Å². The fraction of sp³-hybridized carbons (Fsp3) is 0.478. The molecule has 2 spiro atoms. The van der Waals surface area contributed by atoms with Gasteiger partial charge >= 0.3 is 0 Å². The first kappa shape index (κ1) is 14.2. The molecular formula is C23H22O3. The monoisotopic (exact) mass is 346 g/mol. The van der Waals surface area contributed by atoms with E-state index in [1.165, 1.54) is 37.7 Å². The average molecular weight is 346 g/mol. The van der Waals surface area contributed by atoms with Gasteiger partial charge in [-0.3, -0.25) is 0 Å². The van der Waals surface area contributed by atoms with Crippen molar-refractivity contribution in [2.24, 2.45) is 23.7 Å². The van der Waals surface area contributed by atoms with Crippen LogP contribution in [-0.4, -0.2) is 5.60 Å². The van der Waals surface area contributed by atoms with Gasteiger partial charge in [0.25, 0.3) is 5.79 Å². The lowest BCUT2D eigenvalue weighted by Gasteiger charge is -2.69. The maximum atomic E-state index is 6.71. The van der Waals surface area contributed by atoms with Gasteiger partial charge in [-0.1, -0.05) is 42.5 Å². The molecule has 1 saturated heterocycles. The van der Waals surface area contributed by atoms with Crippen LogP contribution in [0.25, 0.3) is 11.1 Å². The summed E-state index contributed by atoms with van der Waals surface area (Å²) in [7, 11) is 0. The van der Waals surface area contributed by atoms with Crippen LogP contribution in [0.15, 0.2) is 48.5 Å². The molecule has 26 heavy (non-hydrogen) atoms. The van der Waals surface area contributed by atoms with Crippen molar-refractivity contribution in [2.75, 3.05) is 0 Å². The Morgan fingerprint density at radius 3 is 2.04 bits per heavy atom. The molecule has 4 bridgehead atoms. The molecule has 2 aromatic carbocycles. The molecule has 0 aromatic heterocycles. The number of benzene rings is 2. The molecule has 0 N–H and O–H groups in total. The van der Waals surface area contributed by atoms with Gasteiger partial charge in [-0.25, -0.2) is 4.89 Å². The van der Waals surface area contributed by atoms with Gasteiger partial charge in [-0.15, -0.1) is 0 Å². The summed E-state index contributed by atoms with van der Waals surface area (Å²) >= 11 is 0. The summed E-state index contributed by atoms with van der Waals surface area (Å²) in [5, 5.41) is 0. The first-order valence-electron chi connectivity index (χ1n) is 10.0. The minimum absolute atomic E-state index is 0.315. The summed E-state index contributed by atoms with van der Waals surface area (Å²) in [5.74, 6) is 3.01. The van der Waals surface area contributed by atoms with Crippen molar-refractivity contribution < 1.29 is 14.5 Å². The number of hydrogen-bond acceptors (Lipinski definition) is 3. The Balaban J connectivity index is 1.46. The predicted octanol–water partition coefficient (Wildman–Crippen LogP) is 5.06. The van der Waals surface area contributed by atoms with Crippen molar-refractivity contribution in [3.63, 3.8) is 0 Å². The van der Waals surface area contributed by atoms with Gasteiger partial charge in [-0.05, 0) is 67.4 Å². The Morgan fingerprint density at radius 2 is 1.35 bits per heavy atom. The first-order valence-corrected chi connectivity index (χ1v) is 10.0. The topological polar surface area (TPSA) is 27.7 Å². The van der Waals surface area contributed by atoms with Crippen molar-refractivity contribution in [1.82, 2.24) is 0 Å². The molecule has 2 aromatic rings. The zero-order valence-electron chi connectivity index (χ0n) is 14.7. The van der Waals surface area contributed by atoms with Crippen molar-refractivity contribution in [3.8, 4) is 16.9 Å². The third-order valence-electron chi connectivity index (χ3n) is 7.87. The van der Waals surface area contributed by atoms with E-state index in [0.29, 0.717) is 11.8 Å². The van der Waals surface area contributed by atoms with E-state index in [1.54, 1.807) is 0 Å². The molecule has 132 valence electrons. The van der Waals surface area contributed by atoms with Gasteiger partial charge in [0.05, 0.1) is 0 Å². The highest BCUT2D eigenvalue weighted by molar-refractivity contribution is 5.76. The second kappa shape index (κ2) is 4.52. The van der Waals surface area contributed by atoms with E-state index in [-0.39, 0.29) is 5.60 Å². The van der Waals surface area contributed by atoms with Crippen LogP contribution in [0.3, 0.4) is 0 Å². The first-order chi connectivity index (χ1) is 12.8. The Morgan fingerprint density at radius 1 is 0.692 bits per heavy atom. The average Bonchev–Trinajstić information content (AvgIpc) is 2.66. The van der Waals surface area contributed by atoms with Gasteiger partial charge in [-0.2, -0.15) is 4.89 Å². The molecule has 0 radical (unpaired) electrons. The number of para-hydroxylation sites is 1. The summed E-state index contributed by atoms with van der Waals surface area (Å²) in [4.78, 5) is 12.1. The molecule has 2 aliphatic heterocycles. The van der Waals surface area contributed by atoms with Crippen LogP contribution >= 0.6 is 0 Å². The van der Waals surface area contributed by atoms with Crippen molar-refractivity contribution in [2.45, 2.75) is 43.5 Å². The fourth-order valence-electron chi connectivity index (χ4n) is 7.12. The molecule has 4 saturated carbocycles. The molecule has 8 rings (SSSR count). The van der Waals surface area contributed by atoms with Gasteiger partial charge < -0.3 is 4.74 Å². The third kappa shape index (κ3) is 1.43. The molecule has 3 nitrogen and oxygen atoms in total. The van der Waals surface area contributed by atoms with E-state index >= 15 is 0 Å². The lowest BCUT2D eigenvalue weighted by atomic mass is 9.46. The summed E-state index contributed by atoms with van der Waals surface area (Å²) < 4.78 is 6.71. The molecule has 1 atom stereocenters. The Bertz CT molecular complexity index is 891. The molecule has 5 fully saturated rings. The van der Waals surface area contributed by atoms with Crippen LogP contribution < -0.4 is 4.74 Å². The molecule has 3 heteroatoms. The van der Waals surface area contributed by atoms with Crippen molar-refractivity contribution in [1.29, 1.82) is 0 Å². The smallest absolute Gasteiger partial charge is 0.299 e. The maximum absolute atomic E-state index is 6.71. The van der Waals surface area contributed by atoms with E-state index < -0.39 is 5.79 Å². The van der Waals surface area contributed by atoms with E-state index in [9.17, 15) is 0 Å². The van der Waals surface area contributed by atoms with Crippen LogP contribution in [0, 0.1) is 23.7 Å². The maximum Gasteiger partial charge on any atom is 0.299 e. The summed E-state index contributed by atoms with van der Waals surface area (Å²) in [6.07, 6.45) is 6.50. The van der Waals surface area contributed by atoms with Crippen molar-refractivity contribution >= 4 is 0 Å². The zero-order valence-corrected chi connectivity index (χ0v) is 14.7. The summed E-state index contributed by atoms with van der Waals surface area (Å²) in [6.45, 7) is 0. The number of fused-ring (bicyclic) bond motifs is 4. The highest BCUT2D eigenvalue weighted by Gasteiger charge is 2.78. The van der Waals surface area contributed by atoms with Gasteiger partial charge in [0, 0.05) is 11.1 Å². The van der Waals surface area contributed by atoms with Gasteiger partial charge in [0.1, 0.15) is 5.75 Å².